The quantitative estimate of drug-likeness (QED) is 0.772. The maximum absolute atomic E-state index is 6.06. The van der Waals surface area contributed by atoms with Gasteiger partial charge in [0.2, 0.25) is 0 Å². The van der Waals surface area contributed by atoms with Gasteiger partial charge in [-0.05, 0) is 41.7 Å². The van der Waals surface area contributed by atoms with Crippen LogP contribution in [0.15, 0.2) is 48.5 Å². The normalized spacial score (nSPS) is 11.0. The molecule has 0 amide bonds. The number of rotatable bonds is 3. The molecule has 0 radical (unpaired) electrons. The van der Waals surface area contributed by atoms with Crippen LogP contribution in [0.5, 0.6) is 0 Å². The first-order valence-corrected chi connectivity index (χ1v) is 7.10. The van der Waals surface area contributed by atoms with Gasteiger partial charge in [0.1, 0.15) is 5.82 Å². The van der Waals surface area contributed by atoms with Crippen LogP contribution in [0.2, 0.25) is 0 Å². The van der Waals surface area contributed by atoms with Crippen LogP contribution in [-0.2, 0) is 13.0 Å². The predicted molar refractivity (Wildman–Crippen MR) is 88.0 cm³/mol. The molecule has 21 heavy (non-hydrogen) atoms. The molecule has 3 nitrogen and oxygen atoms in total. The Morgan fingerprint density at radius 2 is 1.62 bits per heavy atom. The molecular weight excluding hydrogens is 258 g/mol. The smallest absolute Gasteiger partial charge is 0.127 e. The van der Waals surface area contributed by atoms with Crippen LogP contribution in [0.1, 0.15) is 22.3 Å². The highest BCUT2D eigenvalue weighted by Crippen LogP contribution is 2.26. The summed E-state index contributed by atoms with van der Waals surface area (Å²) in [4.78, 5) is 4.47. The van der Waals surface area contributed by atoms with E-state index in [4.69, 9.17) is 11.5 Å². The van der Waals surface area contributed by atoms with Crippen molar-refractivity contribution in [3.05, 3.63) is 70.8 Å². The molecule has 0 bridgehead atoms. The van der Waals surface area contributed by atoms with Gasteiger partial charge in [0.15, 0.2) is 0 Å². The minimum Gasteiger partial charge on any atom is -0.383 e. The fraction of sp³-hybridized carbons (Fsp3) is 0.167. The number of para-hydroxylation sites is 1. The number of benzene rings is 2. The standard InChI is InChI=1S/C18H19N3/c1-12-16(10-13-6-8-14(11-19)9-7-13)15-4-2-3-5-17(15)21-18(12)20/h2-9H,10-11,19H2,1H3,(H2,20,21). The topological polar surface area (TPSA) is 64.9 Å². The summed E-state index contributed by atoms with van der Waals surface area (Å²) in [5.74, 6) is 0.613. The van der Waals surface area contributed by atoms with Crippen LogP contribution < -0.4 is 11.5 Å². The Balaban J connectivity index is 2.08. The first kappa shape index (κ1) is 13.6. The summed E-state index contributed by atoms with van der Waals surface area (Å²) >= 11 is 0. The van der Waals surface area contributed by atoms with Gasteiger partial charge >= 0.3 is 0 Å². The molecule has 0 saturated carbocycles. The van der Waals surface area contributed by atoms with E-state index in [2.05, 4.69) is 35.3 Å². The minimum absolute atomic E-state index is 0.574. The molecule has 0 atom stereocenters. The highest BCUT2D eigenvalue weighted by Gasteiger charge is 2.10. The van der Waals surface area contributed by atoms with E-state index in [0.29, 0.717) is 12.4 Å². The number of hydrogen-bond acceptors (Lipinski definition) is 3. The molecular formula is C18H19N3. The molecule has 0 unspecified atom stereocenters. The van der Waals surface area contributed by atoms with Gasteiger partial charge in [-0.15, -0.1) is 0 Å². The zero-order chi connectivity index (χ0) is 14.8. The lowest BCUT2D eigenvalue weighted by atomic mass is 9.96. The highest BCUT2D eigenvalue weighted by atomic mass is 14.8. The van der Waals surface area contributed by atoms with E-state index >= 15 is 0 Å². The van der Waals surface area contributed by atoms with Crippen molar-refractivity contribution in [2.45, 2.75) is 19.9 Å². The van der Waals surface area contributed by atoms with Gasteiger partial charge in [-0.3, -0.25) is 0 Å². The van der Waals surface area contributed by atoms with Crippen molar-refractivity contribution in [2.24, 2.45) is 5.73 Å². The summed E-state index contributed by atoms with van der Waals surface area (Å²) in [5.41, 5.74) is 17.4. The first-order valence-electron chi connectivity index (χ1n) is 7.10. The number of fused-ring (bicyclic) bond motifs is 1. The summed E-state index contributed by atoms with van der Waals surface area (Å²) in [7, 11) is 0. The largest absolute Gasteiger partial charge is 0.383 e. The lowest BCUT2D eigenvalue weighted by molar-refractivity contribution is 1.06. The molecule has 3 aromatic rings. The van der Waals surface area contributed by atoms with Crippen molar-refractivity contribution >= 4 is 16.7 Å². The fourth-order valence-electron chi connectivity index (χ4n) is 2.62. The number of anilines is 1. The van der Waals surface area contributed by atoms with Gasteiger partial charge in [-0.25, -0.2) is 4.98 Å². The Hall–Kier alpha value is -2.39. The molecule has 0 saturated heterocycles. The third-order valence-electron chi connectivity index (χ3n) is 3.95. The molecule has 0 spiro atoms. The average molecular weight is 277 g/mol. The molecule has 1 aromatic heterocycles. The molecule has 106 valence electrons. The predicted octanol–water partition coefficient (Wildman–Crippen LogP) is 3.17. The lowest BCUT2D eigenvalue weighted by Gasteiger charge is -2.12. The summed E-state index contributed by atoms with van der Waals surface area (Å²) in [6.45, 7) is 2.61. The number of pyridine rings is 1. The van der Waals surface area contributed by atoms with Crippen LogP contribution in [0.4, 0.5) is 5.82 Å². The van der Waals surface area contributed by atoms with E-state index in [1.807, 2.05) is 25.1 Å². The zero-order valence-electron chi connectivity index (χ0n) is 12.1. The van der Waals surface area contributed by atoms with Crippen molar-refractivity contribution in [1.82, 2.24) is 4.98 Å². The average Bonchev–Trinajstić information content (AvgIpc) is 2.52. The summed E-state index contributed by atoms with van der Waals surface area (Å²) in [6.07, 6.45) is 0.851. The van der Waals surface area contributed by atoms with Crippen molar-refractivity contribution in [2.75, 3.05) is 5.73 Å². The second kappa shape index (κ2) is 5.54. The third kappa shape index (κ3) is 2.60. The minimum atomic E-state index is 0.574. The van der Waals surface area contributed by atoms with Gasteiger partial charge in [-0.1, -0.05) is 42.5 Å². The molecule has 2 aromatic carbocycles. The molecule has 0 fully saturated rings. The zero-order valence-corrected chi connectivity index (χ0v) is 12.1. The van der Waals surface area contributed by atoms with E-state index in [9.17, 15) is 0 Å². The van der Waals surface area contributed by atoms with Gasteiger partial charge in [0.25, 0.3) is 0 Å². The fourth-order valence-corrected chi connectivity index (χ4v) is 2.62. The monoisotopic (exact) mass is 277 g/mol. The lowest BCUT2D eigenvalue weighted by Crippen LogP contribution is -2.02. The van der Waals surface area contributed by atoms with Crippen molar-refractivity contribution in [1.29, 1.82) is 0 Å². The second-order valence-corrected chi connectivity index (χ2v) is 5.32. The molecule has 0 aliphatic carbocycles. The van der Waals surface area contributed by atoms with Crippen molar-refractivity contribution < 1.29 is 0 Å². The van der Waals surface area contributed by atoms with Gasteiger partial charge in [-0.2, -0.15) is 0 Å². The first-order chi connectivity index (χ1) is 10.2. The Morgan fingerprint density at radius 3 is 2.33 bits per heavy atom. The molecule has 3 heteroatoms. The van der Waals surface area contributed by atoms with Gasteiger partial charge in [0, 0.05) is 11.9 Å². The Bertz CT molecular complexity index is 776. The second-order valence-electron chi connectivity index (χ2n) is 5.32. The molecule has 4 N–H and O–H groups in total. The van der Waals surface area contributed by atoms with Crippen LogP contribution in [0, 0.1) is 6.92 Å². The van der Waals surface area contributed by atoms with Gasteiger partial charge in [0.05, 0.1) is 5.52 Å². The number of aromatic nitrogens is 1. The highest BCUT2D eigenvalue weighted by molar-refractivity contribution is 5.85. The van der Waals surface area contributed by atoms with Gasteiger partial charge < -0.3 is 11.5 Å². The molecule has 3 rings (SSSR count). The summed E-state index contributed by atoms with van der Waals surface area (Å²) in [5, 5.41) is 1.17. The Labute approximate surface area is 124 Å². The van der Waals surface area contributed by atoms with E-state index in [0.717, 1.165) is 23.1 Å². The third-order valence-corrected chi connectivity index (χ3v) is 3.95. The number of nitrogens with zero attached hydrogens (tertiary/aromatic N) is 1. The maximum atomic E-state index is 6.06. The summed E-state index contributed by atoms with van der Waals surface area (Å²) < 4.78 is 0. The van der Waals surface area contributed by atoms with Crippen molar-refractivity contribution in [3.63, 3.8) is 0 Å². The molecule has 1 heterocycles. The van der Waals surface area contributed by atoms with E-state index in [-0.39, 0.29) is 0 Å². The summed E-state index contributed by atoms with van der Waals surface area (Å²) in [6, 6.07) is 16.6. The molecule has 0 aliphatic heterocycles. The maximum Gasteiger partial charge on any atom is 0.127 e. The number of hydrogen-bond donors (Lipinski definition) is 2. The van der Waals surface area contributed by atoms with E-state index in [1.54, 1.807) is 0 Å². The number of nitrogen functional groups attached to an aromatic ring is 1. The Morgan fingerprint density at radius 1 is 0.952 bits per heavy atom. The van der Waals surface area contributed by atoms with Crippen LogP contribution in [0.3, 0.4) is 0 Å². The molecule has 0 aliphatic rings. The number of nitrogens with two attached hydrogens (primary N) is 2. The van der Waals surface area contributed by atoms with Crippen LogP contribution in [-0.4, -0.2) is 4.98 Å². The van der Waals surface area contributed by atoms with E-state index < -0.39 is 0 Å². The van der Waals surface area contributed by atoms with Crippen LogP contribution >= 0.6 is 0 Å². The van der Waals surface area contributed by atoms with E-state index in [1.165, 1.54) is 16.5 Å². The van der Waals surface area contributed by atoms with Crippen molar-refractivity contribution in [3.8, 4) is 0 Å². The Kier molecular flexibility index (Phi) is 3.59. The SMILES string of the molecule is Cc1c(N)nc2ccccc2c1Cc1ccc(CN)cc1. The van der Waals surface area contributed by atoms with Crippen LogP contribution in [0.25, 0.3) is 10.9 Å².